The summed E-state index contributed by atoms with van der Waals surface area (Å²) in [7, 11) is 0. The summed E-state index contributed by atoms with van der Waals surface area (Å²) in [6.45, 7) is 0. The summed E-state index contributed by atoms with van der Waals surface area (Å²) in [5, 5.41) is 0. The van der Waals surface area contributed by atoms with Gasteiger partial charge in [0.2, 0.25) is 0 Å². The van der Waals surface area contributed by atoms with Crippen LogP contribution in [0.25, 0.3) is 0 Å². The van der Waals surface area contributed by atoms with Crippen LogP contribution in [0.2, 0.25) is 0 Å². The maximum Gasteiger partial charge on any atom is 0 e. The van der Waals surface area contributed by atoms with Crippen LogP contribution in [0.15, 0.2) is 0 Å². The van der Waals surface area contributed by atoms with Crippen molar-refractivity contribution >= 4 is 88.9 Å². The molecule has 0 aromatic rings. The van der Waals surface area contributed by atoms with Gasteiger partial charge >= 0.3 is 59.4 Å². The van der Waals surface area contributed by atoms with E-state index in [0.29, 0.717) is 0 Å². The van der Waals surface area contributed by atoms with Gasteiger partial charge in [0.15, 0.2) is 0 Å². The first-order valence-electron chi connectivity index (χ1n) is 0. The van der Waals surface area contributed by atoms with Gasteiger partial charge in [-0.05, 0) is 0 Å². The van der Waals surface area contributed by atoms with Gasteiger partial charge in [-0.15, -0.1) is 0 Å². The molecule has 0 aromatic heterocycles. The van der Waals surface area contributed by atoms with E-state index in [9.17, 15) is 0 Å². The fourth-order valence-electron chi connectivity index (χ4n) is 0. The second-order valence-corrected chi connectivity index (χ2v) is 0. The second kappa shape index (κ2) is 16.8. The van der Waals surface area contributed by atoms with Crippen LogP contribution in [0.5, 0.6) is 0 Å². The Bertz CT molecular complexity index is 3.25. The first-order valence-corrected chi connectivity index (χ1v) is 0. The van der Waals surface area contributed by atoms with Crippen LogP contribution in [-0.4, -0.2) is 88.9 Å². The van der Waals surface area contributed by atoms with Crippen molar-refractivity contribution in [2.24, 2.45) is 0 Å². The van der Waals surface area contributed by atoms with Gasteiger partial charge in [-0.1, -0.05) is 0 Å². The van der Waals surface area contributed by atoms with E-state index in [1.165, 1.54) is 0 Å². The maximum atomic E-state index is 0. The Kier molecular flexibility index (Phi) is 120. The van der Waals surface area contributed by atoms with Crippen molar-refractivity contribution in [1.82, 2.24) is 0 Å². The molecule has 0 amide bonds. The molecule has 0 aromatic carbocycles. The summed E-state index contributed by atoms with van der Waals surface area (Å²) in [4.78, 5) is 0. The van der Waals surface area contributed by atoms with Crippen LogP contribution in [0.3, 0.4) is 0 Å². The molecule has 0 saturated carbocycles. The van der Waals surface area contributed by atoms with E-state index in [1.807, 2.05) is 0 Å². The summed E-state index contributed by atoms with van der Waals surface area (Å²) >= 11 is 0. The Balaban J connectivity index is 0. The van der Waals surface area contributed by atoms with Gasteiger partial charge in [0.25, 0.3) is 0 Å². The van der Waals surface area contributed by atoms with Crippen LogP contribution in [0.4, 0.5) is 0 Å². The molecule has 0 aliphatic rings. The van der Waals surface area contributed by atoms with Gasteiger partial charge in [0.1, 0.15) is 0 Å². The summed E-state index contributed by atoms with van der Waals surface area (Å²) in [5.74, 6) is 0. The van der Waals surface area contributed by atoms with Crippen molar-refractivity contribution in [3.63, 3.8) is 0 Å². The Hall–Kier alpha value is 2.91. The normalized spacial score (nSPS) is 0. The molecule has 0 aliphatic heterocycles. The van der Waals surface area contributed by atoms with E-state index in [1.54, 1.807) is 0 Å². The van der Waals surface area contributed by atoms with Crippen molar-refractivity contribution < 1.29 is 0 Å². The molecule has 0 unspecified atom stereocenters. The molecule has 1 radical (unpaired) electrons. The van der Waals surface area contributed by atoms with Crippen molar-refractivity contribution in [1.29, 1.82) is 0 Å². The average Bonchev–Trinajstić information content (AvgIpc) is 0. The molecule has 0 rings (SSSR count). The summed E-state index contributed by atoms with van der Waals surface area (Å²) < 4.78 is 0. The predicted molar refractivity (Wildman–Crippen MR) is 35.6 cm³/mol. The Labute approximate surface area is 87.3 Å². The number of rotatable bonds is 0. The van der Waals surface area contributed by atoms with Crippen molar-refractivity contribution in [3.05, 3.63) is 0 Å². The minimum atomic E-state index is 0. The van der Waals surface area contributed by atoms with Gasteiger partial charge in [-0.25, -0.2) is 0 Å². The standard InChI is InChI=1S/3Ga.Na.9H. The molecule has 0 atom stereocenters. The SMILES string of the molecule is [GaH3].[GaH3].[GaH3].[Na]. The maximum absolute atomic E-state index is 0. The minimum absolute atomic E-state index is 0. The Morgan fingerprint density at radius 2 is 0.500 bits per heavy atom. The summed E-state index contributed by atoms with van der Waals surface area (Å²) in [6, 6.07) is 0. The largest absolute Gasteiger partial charge is 0 e. The first-order chi connectivity index (χ1) is 0. The van der Waals surface area contributed by atoms with Crippen LogP contribution >= 0.6 is 0 Å². The zero-order chi connectivity index (χ0) is 0. The molecule has 0 aliphatic carbocycles. The molecule has 0 spiro atoms. The van der Waals surface area contributed by atoms with E-state index >= 15 is 0 Å². The first kappa shape index (κ1) is 28.5. The van der Waals surface area contributed by atoms with Crippen LogP contribution < -0.4 is 0 Å². The quantitative estimate of drug-likeness (QED) is 0.380. The zero-order valence-corrected chi connectivity index (χ0v) is 3.00. The molecule has 0 saturated heterocycles. The molecule has 0 heterocycles. The molecule has 0 N–H and O–H groups in total. The van der Waals surface area contributed by atoms with E-state index < -0.39 is 0 Å². The van der Waals surface area contributed by atoms with Crippen LogP contribution in [0, 0.1) is 0 Å². The van der Waals surface area contributed by atoms with Gasteiger partial charge in [0, 0.05) is 29.6 Å². The fraction of sp³-hybridized carbons (Fsp3) is 0. The molecule has 19 valence electrons. The topological polar surface area (TPSA) is 0 Å². The molecular formula is H9Ga3Na. The van der Waals surface area contributed by atoms with Crippen LogP contribution in [0.1, 0.15) is 0 Å². The zero-order valence-electron chi connectivity index (χ0n) is 1.00. The van der Waals surface area contributed by atoms with Gasteiger partial charge < -0.3 is 0 Å². The third kappa shape index (κ3) is 8.86. The molecule has 0 bridgehead atoms. The summed E-state index contributed by atoms with van der Waals surface area (Å²) in [5.41, 5.74) is 0. The third-order valence-corrected chi connectivity index (χ3v) is 0. The molecule has 4 heavy (non-hydrogen) atoms. The van der Waals surface area contributed by atoms with Crippen molar-refractivity contribution in [2.75, 3.05) is 0 Å². The van der Waals surface area contributed by atoms with Crippen molar-refractivity contribution in [3.8, 4) is 0 Å². The minimum Gasteiger partial charge on any atom is 0 e. The average molecular weight is 241 g/mol. The van der Waals surface area contributed by atoms with E-state index in [0.717, 1.165) is 0 Å². The smallest absolute Gasteiger partial charge is 0 e. The van der Waals surface area contributed by atoms with E-state index in [4.69, 9.17) is 0 Å². The third-order valence-electron chi connectivity index (χ3n) is 0. The molecular weight excluding hydrogens is 232 g/mol. The van der Waals surface area contributed by atoms with Gasteiger partial charge in [-0.2, -0.15) is 0 Å². The Morgan fingerprint density at radius 1 is 0.500 bits per heavy atom. The van der Waals surface area contributed by atoms with E-state index in [-0.39, 0.29) is 88.9 Å². The number of hydrogen-bond acceptors (Lipinski definition) is 0. The second-order valence-electron chi connectivity index (χ2n) is 0. The van der Waals surface area contributed by atoms with Crippen molar-refractivity contribution in [2.45, 2.75) is 0 Å². The number of hydrogen-bond donors (Lipinski definition) is 0. The molecule has 0 nitrogen and oxygen atoms in total. The molecule has 0 fully saturated rings. The summed E-state index contributed by atoms with van der Waals surface area (Å²) in [6.07, 6.45) is 0. The fourth-order valence-corrected chi connectivity index (χ4v) is 0. The van der Waals surface area contributed by atoms with Crippen LogP contribution in [-0.2, 0) is 0 Å². The molecule has 4 heteroatoms. The van der Waals surface area contributed by atoms with E-state index in [2.05, 4.69) is 0 Å². The van der Waals surface area contributed by atoms with Gasteiger partial charge in [-0.3, -0.25) is 0 Å². The monoisotopic (exact) mass is 239 g/mol. The van der Waals surface area contributed by atoms with Gasteiger partial charge in [0.05, 0.1) is 0 Å². The predicted octanol–water partition coefficient (Wildman–Crippen LogP) is -3.93. The Morgan fingerprint density at radius 3 is 0.500 bits per heavy atom.